The molecule has 14 heteroatoms. The summed E-state index contributed by atoms with van der Waals surface area (Å²) < 4.78 is 97.3. The molecule has 3 amide bonds. The number of amides is 3. The lowest BCUT2D eigenvalue weighted by Gasteiger charge is -2.19. The molecule has 0 spiro atoms. The third-order valence-electron chi connectivity index (χ3n) is 7.40. The van der Waals surface area contributed by atoms with Crippen LogP contribution in [0.15, 0.2) is 120 Å². The van der Waals surface area contributed by atoms with Crippen molar-refractivity contribution in [2.45, 2.75) is 23.2 Å². The number of aryl methyl sites for hydroxylation is 1. The summed E-state index contributed by atoms with van der Waals surface area (Å²) in [6.45, 7) is 1.89. The molecule has 3 N–H and O–H groups in total. The lowest BCUT2D eigenvalue weighted by Crippen LogP contribution is -2.30. The monoisotopic (exact) mass is 737 g/mol. The van der Waals surface area contributed by atoms with Crippen molar-refractivity contribution in [2.24, 2.45) is 0 Å². The Morgan fingerprint density at radius 1 is 0.712 bits per heavy atom. The van der Waals surface area contributed by atoms with E-state index in [-0.39, 0.29) is 16.9 Å². The number of hydrogen-bond acceptors (Lipinski definition) is 4. The Balaban J connectivity index is 1.42. The predicted molar refractivity (Wildman–Crippen MR) is 183 cm³/mol. The van der Waals surface area contributed by atoms with Crippen LogP contribution in [0.5, 0.6) is 0 Å². The molecule has 0 aliphatic heterocycles. The number of anilines is 2. The van der Waals surface area contributed by atoms with Crippen LogP contribution in [0.3, 0.4) is 0 Å². The summed E-state index contributed by atoms with van der Waals surface area (Å²) in [6.07, 6.45) is -4.28. The largest absolute Gasteiger partial charge is 0.422 e. The van der Waals surface area contributed by atoms with Gasteiger partial charge in [-0.05, 0) is 54.5 Å². The highest BCUT2D eigenvalue weighted by atomic mass is 32.2. The van der Waals surface area contributed by atoms with Crippen LogP contribution >= 0.6 is 11.8 Å². The molecule has 5 aromatic carbocycles. The molecular weight excluding hydrogens is 711 g/mol. The van der Waals surface area contributed by atoms with Gasteiger partial charge >= 0.3 is 6.18 Å². The van der Waals surface area contributed by atoms with Crippen LogP contribution in [0.25, 0.3) is 6.08 Å². The summed E-state index contributed by atoms with van der Waals surface area (Å²) in [7, 11) is 0. The van der Waals surface area contributed by atoms with Gasteiger partial charge in [0.25, 0.3) is 11.8 Å². The molecule has 52 heavy (non-hydrogen) atoms. The Morgan fingerprint density at radius 2 is 1.31 bits per heavy atom. The minimum atomic E-state index is -5.76. The molecule has 0 bridgehead atoms. The van der Waals surface area contributed by atoms with Crippen molar-refractivity contribution in [3.05, 3.63) is 166 Å². The first kappa shape index (κ1) is 37.4. The maximum Gasteiger partial charge on any atom is 0.422 e. The van der Waals surface area contributed by atoms with Crippen LogP contribution in [0, 0.1) is 30.2 Å². The van der Waals surface area contributed by atoms with Crippen molar-refractivity contribution < 1.29 is 45.1 Å². The highest BCUT2D eigenvalue weighted by Gasteiger charge is 2.43. The van der Waals surface area contributed by atoms with Crippen molar-refractivity contribution >= 4 is 46.9 Å². The second kappa shape index (κ2) is 16.0. The van der Waals surface area contributed by atoms with E-state index in [0.717, 1.165) is 17.3 Å². The van der Waals surface area contributed by atoms with Gasteiger partial charge in [-0.2, -0.15) is 13.2 Å². The van der Waals surface area contributed by atoms with Crippen LogP contribution < -0.4 is 16.0 Å². The molecule has 0 saturated carbocycles. The van der Waals surface area contributed by atoms with Gasteiger partial charge in [0.2, 0.25) is 5.91 Å². The van der Waals surface area contributed by atoms with E-state index in [1.807, 2.05) is 19.1 Å². The summed E-state index contributed by atoms with van der Waals surface area (Å²) in [5.41, 5.74) is -2.26. The van der Waals surface area contributed by atoms with Crippen molar-refractivity contribution in [3.63, 3.8) is 0 Å². The summed E-state index contributed by atoms with van der Waals surface area (Å²) in [4.78, 5) is 40.3. The fourth-order valence-corrected chi connectivity index (χ4v) is 5.92. The lowest BCUT2D eigenvalue weighted by atomic mass is 10.1. The SMILES string of the molecule is Cc1ccc(/C=C(/NC(=O)c2ccccc2)C(=O)Nc2cccc(SC(C(=O)Nc3c(F)c(F)c(C(F)(F)F)c(F)c3F)c3ccccc3)c2)cc1. The number of carbonyl (C=O) groups is 3. The van der Waals surface area contributed by atoms with E-state index in [4.69, 9.17) is 0 Å². The number of halogens is 7. The number of carbonyl (C=O) groups excluding carboxylic acids is 3. The van der Waals surface area contributed by atoms with Gasteiger partial charge in [0.05, 0.1) is 0 Å². The summed E-state index contributed by atoms with van der Waals surface area (Å²) in [5.74, 6) is -12.8. The molecule has 6 nitrogen and oxygen atoms in total. The number of alkyl halides is 3. The second-order valence-corrected chi connectivity index (χ2v) is 12.4. The minimum absolute atomic E-state index is 0.0997. The van der Waals surface area contributed by atoms with E-state index in [0.29, 0.717) is 16.0 Å². The third kappa shape index (κ3) is 8.87. The zero-order valence-electron chi connectivity index (χ0n) is 26.8. The third-order valence-corrected chi connectivity index (χ3v) is 8.65. The van der Waals surface area contributed by atoms with Gasteiger partial charge in [0.1, 0.15) is 22.2 Å². The molecule has 5 rings (SSSR count). The highest BCUT2D eigenvalue weighted by Crippen LogP contribution is 2.41. The Bertz CT molecular complexity index is 2120. The average molecular weight is 738 g/mol. The number of rotatable bonds is 10. The van der Waals surface area contributed by atoms with Gasteiger partial charge < -0.3 is 16.0 Å². The van der Waals surface area contributed by atoms with Gasteiger partial charge in [0.15, 0.2) is 23.3 Å². The Labute approximate surface area is 296 Å². The van der Waals surface area contributed by atoms with E-state index < -0.39 is 63.7 Å². The highest BCUT2D eigenvalue weighted by molar-refractivity contribution is 8.00. The molecule has 1 unspecified atom stereocenters. The maximum absolute atomic E-state index is 14.7. The van der Waals surface area contributed by atoms with E-state index in [1.54, 1.807) is 53.8 Å². The fraction of sp³-hybridized carbons (Fsp3) is 0.0789. The Kier molecular flexibility index (Phi) is 11.5. The molecule has 0 saturated heterocycles. The van der Waals surface area contributed by atoms with Gasteiger partial charge in [-0.3, -0.25) is 14.4 Å². The molecule has 0 fully saturated rings. The smallest absolute Gasteiger partial charge is 0.321 e. The van der Waals surface area contributed by atoms with Crippen LogP contribution in [-0.2, 0) is 15.8 Å². The second-order valence-electron chi connectivity index (χ2n) is 11.2. The summed E-state index contributed by atoms with van der Waals surface area (Å²) in [6, 6.07) is 29.0. The van der Waals surface area contributed by atoms with Crippen molar-refractivity contribution in [3.8, 4) is 0 Å². The standard InChI is InChI=1S/C38H26F7N3O3S/c1-21-15-17-22(18-16-21)19-27(47-35(49)24-11-6-3-7-12-24)36(50)46-25-13-8-14-26(20-25)52-34(23-9-4-2-5-10-23)37(51)48-33-31(41)29(39)28(38(43,44)45)30(40)32(33)42/h2-20,34H,1H3,(H,46,50)(H,47,49)(H,48,51)/b27-19+. The van der Waals surface area contributed by atoms with Crippen molar-refractivity contribution in [2.75, 3.05) is 10.6 Å². The summed E-state index contributed by atoms with van der Waals surface area (Å²) in [5, 5.41) is 5.64. The number of hydrogen-bond donors (Lipinski definition) is 3. The van der Waals surface area contributed by atoms with Crippen LogP contribution in [0.1, 0.15) is 37.9 Å². The maximum atomic E-state index is 14.7. The normalized spacial score (nSPS) is 12.2. The quantitative estimate of drug-likeness (QED) is 0.0577. The van der Waals surface area contributed by atoms with Crippen molar-refractivity contribution in [1.82, 2.24) is 5.32 Å². The molecule has 5 aromatic rings. The molecule has 1 atom stereocenters. The van der Waals surface area contributed by atoms with E-state index in [1.165, 1.54) is 54.6 Å². The zero-order valence-corrected chi connectivity index (χ0v) is 27.6. The fourth-order valence-electron chi connectivity index (χ4n) is 4.83. The Morgan fingerprint density at radius 3 is 1.90 bits per heavy atom. The molecule has 0 aliphatic rings. The van der Waals surface area contributed by atoms with Crippen LogP contribution in [0.4, 0.5) is 42.1 Å². The minimum Gasteiger partial charge on any atom is -0.321 e. The van der Waals surface area contributed by atoms with Crippen LogP contribution in [-0.4, -0.2) is 17.7 Å². The van der Waals surface area contributed by atoms with E-state index in [9.17, 15) is 45.1 Å². The van der Waals surface area contributed by atoms with E-state index >= 15 is 0 Å². The van der Waals surface area contributed by atoms with E-state index in [2.05, 4.69) is 10.6 Å². The van der Waals surface area contributed by atoms with Crippen molar-refractivity contribution in [1.29, 1.82) is 0 Å². The molecule has 0 aliphatic carbocycles. The molecule has 0 aromatic heterocycles. The molecular formula is C38H26F7N3O3S. The van der Waals surface area contributed by atoms with Crippen LogP contribution in [0.2, 0.25) is 0 Å². The molecule has 0 heterocycles. The first-order chi connectivity index (χ1) is 24.7. The van der Waals surface area contributed by atoms with Gasteiger partial charge in [-0.15, -0.1) is 11.8 Å². The molecule has 266 valence electrons. The summed E-state index contributed by atoms with van der Waals surface area (Å²) >= 11 is 0.798. The lowest BCUT2D eigenvalue weighted by molar-refractivity contribution is -0.143. The van der Waals surface area contributed by atoms with Gasteiger partial charge in [-0.25, -0.2) is 17.6 Å². The van der Waals surface area contributed by atoms with Gasteiger partial charge in [0, 0.05) is 16.1 Å². The topological polar surface area (TPSA) is 87.3 Å². The first-order valence-corrected chi connectivity index (χ1v) is 16.1. The molecule has 0 radical (unpaired) electrons. The Hall–Kier alpha value is -5.89. The average Bonchev–Trinajstić information content (AvgIpc) is 3.12. The first-order valence-electron chi connectivity index (χ1n) is 15.2. The number of nitrogens with one attached hydrogen (secondary N) is 3. The zero-order chi connectivity index (χ0) is 37.6. The number of thioether (sulfide) groups is 1. The van der Waals surface area contributed by atoms with Gasteiger partial charge in [-0.1, -0.05) is 84.4 Å². The predicted octanol–water partition coefficient (Wildman–Crippen LogP) is 9.45. The number of benzene rings is 5.